The summed E-state index contributed by atoms with van der Waals surface area (Å²) in [6.07, 6.45) is 2.10. The molecule has 3 aromatic heterocycles. The molecule has 1 aliphatic rings. The maximum atomic E-state index is 13.8. The highest BCUT2D eigenvalue weighted by molar-refractivity contribution is 6.30. The van der Waals surface area contributed by atoms with Gasteiger partial charge in [0.05, 0.1) is 29.1 Å². The van der Waals surface area contributed by atoms with Crippen molar-refractivity contribution in [2.24, 2.45) is 7.05 Å². The standard InChI is InChI=1S/C29H28ClFN6O/c1-5-22-17-36(25-14-27(38)35(4)24-12-13-26(32-3)34-28(24)25)18(2)16-37(22)29(19-6-8-20(30)9-7-19)23-11-10-21(31)15-33-23/h6-15,18,22,29H,5,16-17H2,1-2,4H3/t18-,22+,29?/m0/s1. The van der Waals surface area contributed by atoms with E-state index in [1.54, 1.807) is 35.9 Å². The highest BCUT2D eigenvalue weighted by Gasteiger charge is 2.38. The summed E-state index contributed by atoms with van der Waals surface area (Å²) in [5.74, 6) is -0.0847. The molecular weight excluding hydrogens is 503 g/mol. The summed E-state index contributed by atoms with van der Waals surface area (Å²) in [5.41, 5.74) is 3.73. The van der Waals surface area contributed by atoms with Gasteiger partial charge in [-0.2, -0.15) is 0 Å². The monoisotopic (exact) mass is 530 g/mol. The molecule has 0 aliphatic carbocycles. The minimum absolute atomic E-state index is 0.0155. The maximum absolute atomic E-state index is 13.8. The van der Waals surface area contributed by atoms with Crippen LogP contribution in [-0.4, -0.2) is 44.6 Å². The van der Waals surface area contributed by atoms with Gasteiger partial charge in [-0.25, -0.2) is 4.39 Å². The summed E-state index contributed by atoms with van der Waals surface area (Å²) in [6.45, 7) is 13.0. The van der Waals surface area contributed by atoms with E-state index in [-0.39, 0.29) is 29.5 Å². The molecule has 1 unspecified atom stereocenters. The predicted molar refractivity (Wildman–Crippen MR) is 148 cm³/mol. The summed E-state index contributed by atoms with van der Waals surface area (Å²) in [5, 5.41) is 0.647. The first-order valence-corrected chi connectivity index (χ1v) is 13.0. The molecule has 1 aromatic carbocycles. The molecule has 0 N–H and O–H groups in total. The Balaban J connectivity index is 1.58. The lowest BCUT2D eigenvalue weighted by Crippen LogP contribution is -2.58. The van der Waals surface area contributed by atoms with Gasteiger partial charge in [-0.05, 0) is 55.3 Å². The highest BCUT2D eigenvalue weighted by Crippen LogP contribution is 2.36. The highest BCUT2D eigenvalue weighted by atomic mass is 35.5. The van der Waals surface area contributed by atoms with Crippen LogP contribution in [0.4, 0.5) is 15.9 Å². The molecule has 194 valence electrons. The van der Waals surface area contributed by atoms with E-state index in [0.29, 0.717) is 35.0 Å². The van der Waals surface area contributed by atoms with Crippen molar-refractivity contribution in [2.75, 3.05) is 18.0 Å². The average molecular weight is 531 g/mol. The number of piperazine rings is 1. The Labute approximate surface area is 225 Å². The molecule has 1 fully saturated rings. The molecule has 9 heteroatoms. The number of aromatic nitrogens is 3. The topological polar surface area (TPSA) is 58.6 Å². The molecule has 3 atom stereocenters. The molecule has 0 radical (unpaired) electrons. The van der Waals surface area contributed by atoms with Gasteiger partial charge < -0.3 is 14.3 Å². The minimum Gasteiger partial charge on any atom is -0.362 e. The van der Waals surface area contributed by atoms with Crippen LogP contribution in [-0.2, 0) is 7.05 Å². The quantitative estimate of drug-likeness (QED) is 0.307. The van der Waals surface area contributed by atoms with Gasteiger partial charge >= 0.3 is 0 Å². The first-order chi connectivity index (χ1) is 18.3. The fourth-order valence-electron chi connectivity index (χ4n) is 5.39. The molecule has 0 amide bonds. The predicted octanol–water partition coefficient (Wildman–Crippen LogP) is 5.75. The van der Waals surface area contributed by atoms with E-state index in [9.17, 15) is 9.18 Å². The summed E-state index contributed by atoms with van der Waals surface area (Å²) >= 11 is 6.19. The van der Waals surface area contributed by atoms with E-state index in [1.807, 2.05) is 24.3 Å². The lowest BCUT2D eigenvalue weighted by atomic mass is 9.95. The van der Waals surface area contributed by atoms with Gasteiger partial charge in [0.25, 0.3) is 11.4 Å². The van der Waals surface area contributed by atoms with Crippen LogP contribution < -0.4 is 10.5 Å². The number of benzene rings is 1. The van der Waals surface area contributed by atoms with Gasteiger partial charge in [0.15, 0.2) is 0 Å². The molecule has 4 heterocycles. The van der Waals surface area contributed by atoms with Gasteiger partial charge in [0, 0.05) is 43.3 Å². The van der Waals surface area contributed by atoms with Crippen molar-refractivity contribution in [3.8, 4) is 0 Å². The second-order valence-electron chi connectivity index (χ2n) is 9.69. The molecule has 5 rings (SSSR count). The molecule has 4 aromatic rings. The Morgan fingerprint density at radius 1 is 1.16 bits per heavy atom. The Hall–Kier alpha value is -3.80. The number of fused-ring (bicyclic) bond motifs is 1. The normalized spacial score (nSPS) is 18.9. The van der Waals surface area contributed by atoms with Gasteiger partial charge in [-0.3, -0.25) is 14.7 Å². The van der Waals surface area contributed by atoms with Crippen LogP contribution in [0.1, 0.15) is 37.6 Å². The van der Waals surface area contributed by atoms with Crippen molar-refractivity contribution < 1.29 is 4.39 Å². The number of hydrogen-bond donors (Lipinski definition) is 0. The molecule has 0 spiro atoms. The van der Waals surface area contributed by atoms with Crippen LogP contribution in [0.3, 0.4) is 0 Å². The minimum atomic E-state index is -0.377. The largest absolute Gasteiger partial charge is 0.362 e. The first kappa shape index (κ1) is 25.8. The Kier molecular flexibility index (Phi) is 7.15. The summed E-state index contributed by atoms with van der Waals surface area (Å²) in [7, 11) is 1.72. The molecular formula is C29H28ClFN6O. The van der Waals surface area contributed by atoms with E-state index in [2.05, 4.69) is 38.5 Å². The van der Waals surface area contributed by atoms with Gasteiger partial charge in [0.2, 0.25) is 5.52 Å². The summed E-state index contributed by atoms with van der Waals surface area (Å²) in [4.78, 5) is 30.1. The van der Waals surface area contributed by atoms with Crippen LogP contribution in [0.15, 0.2) is 65.6 Å². The molecule has 38 heavy (non-hydrogen) atoms. The van der Waals surface area contributed by atoms with E-state index in [0.717, 1.165) is 23.4 Å². The smallest absolute Gasteiger partial charge is 0.270 e. The molecule has 0 bridgehead atoms. The Morgan fingerprint density at radius 2 is 1.92 bits per heavy atom. The average Bonchev–Trinajstić information content (AvgIpc) is 2.93. The van der Waals surface area contributed by atoms with Crippen molar-refractivity contribution in [1.29, 1.82) is 0 Å². The zero-order valence-electron chi connectivity index (χ0n) is 21.5. The second-order valence-corrected chi connectivity index (χ2v) is 10.1. The van der Waals surface area contributed by atoms with Gasteiger partial charge in [0.1, 0.15) is 5.82 Å². The second kappa shape index (κ2) is 10.5. The van der Waals surface area contributed by atoms with Crippen molar-refractivity contribution in [3.63, 3.8) is 0 Å². The molecule has 1 aliphatic heterocycles. The molecule has 7 nitrogen and oxygen atoms in total. The van der Waals surface area contributed by atoms with Gasteiger partial charge in [-0.15, -0.1) is 4.98 Å². The zero-order valence-corrected chi connectivity index (χ0v) is 22.2. The lowest BCUT2D eigenvalue weighted by Gasteiger charge is -2.49. The van der Waals surface area contributed by atoms with Crippen molar-refractivity contribution in [3.05, 3.63) is 105 Å². The number of anilines is 1. The van der Waals surface area contributed by atoms with Crippen LogP contribution in [0, 0.1) is 12.4 Å². The third-order valence-corrected chi connectivity index (χ3v) is 7.63. The number of nitrogens with zero attached hydrogens (tertiary/aromatic N) is 6. The molecule has 0 saturated carbocycles. The fourth-order valence-corrected chi connectivity index (χ4v) is 5.52. The number of hydrogen-bond acceptors (Lipinski definition) is 5. The number of halogens is 2. The Morgan fingerprint density at radius 3 is 2.58 bits per heavy atom. The van der Waals surface area contributed by atoms with Crippen molar-refractivity contribution in [1.82, 2.24) is 19.4 Å². The summed E-state index contributed by atoms with van der Waals surface area (Å²) < 4.78 is 15.3. The summed E-state index contributed by atoms with van der Waals surface area (Å²) in [6, 6.07) is 15.9. The van der Waals surface area contributed by atoms with Crippen LogP contribution in [0.5, 0.6) is 0 Å². The van der Waals surface area contributed by atoms with E-state index in [1.165, 1.54) is 12.3 Å². The number of aryl methyl sites for hydroxylation is 1. The zero-order chi connectivity index (χ0) is 27.0. The van der Waals surface area contributed by atoms with Crippen LogP contribution >= 0.6 is 11.6 Å². The van der Waals surface area contributed by atoms with E-state index < -0.39 is 0 Å². The van der Waals surface area contributed by atoms with Gasteiger partial charge in [-0.1, -0.05) is 37.2 Å². The molecule has 1 saturated heterocycles. The maximum Gasteiger partial charge on any atom is 0.270 e. The lowest BCUT2D eigenvalue weighted by molar-refractivity contribution is 0.114. The number of pyridine rings is 3. The van der Waals surface area contributed by atoms with E-state index >= 15 is 0 Å². The van der Waals surface area contributed by atoms with Crippen molar-refractivity contribution >= 4 is 34.1 Å². The Bertz CT molecular complexity index is 1520. The van der Waals surface area contributed by atoms with Crippen molar-refractivity contribution in [2.45, 2.75) is 38.4 Å². The number of rotatable bonds is 5. The van der Waals surface area contributed by atoms with Crippen LogP contribution in [0.2, 0.25) is 5.02 Å². The third kappa shape index (κ3) is 4.75. The van der Waals surface area contributed by atoms with Crippen LogP contribution in [0.25, 0.3) is 15.9 Å². The third-order valence-electron chi connectivity index (χ3n) is 7.38. The fraction of sp³-hybridized carbons (Fsp3) is 0.310. The first-order valence-electron chi connectivity index (χ1n) is 12.6. The van der Waals surface area contributed by atoms with E-state index in [4.69, 9.17) is 18.2 Å². The SMILES string of the molecule is [C-]#[N+]c1ccc2c(n1)c(N1C[C@@H](CC)N(C(c3ccc(Cl)cc3)c3ccc(F)cn3)C[C@@H]1C)cc(=O)n2C.